The van der Waals surface area contributed by atoms with E-state index in [0.29, 0.717) is 39.9 Å². The van der Waals surface area contributed by atoms with E-state index in [9.17, 15) is 9.65 Å². The zero-order valence-corrected chi connectivity index (χ0v) is 20.6. The molecule has 5 rings (SSSR count). The highest BCUT2D eigenvalue weighted by Crippen LogP contribution is 2.40. The maximum Gasteiger partial charge on any atom is 0.192 e. The number of piperidine rings is 1. The summed E-state index contributed by atoms with van der Waals surface area (Å²) in [4.78, 5) is 9.44. The Morgan fingerprint density at radius 2 is 1.83 bits per heavy atom. The molecule has 1 aliphatic heterocycles. The summed E-state index contributed by atoms with van der Waals surface area (Å²) in [6.45, 7) is 6.91. The smallest absolute Gasteiger partial charge is 0.192 e. The molecule has 9 heteroatoms. The van der Waals surface area contributed by atoms with Gasteiger partial charge in [-0.3, -0.25) is 0 Å². The van der Waals surface area contributed by atoms with Gasteiger partial charge in [-0.25, -0.2) is 18.4 Å². The third-order valence-electron chi connectivity index (χ3n) is 6.41. The molecule has 0 radical (unpaired) electrons. The largest absolute Gasteiger partial charge is 0.371 e. The minimum absolute atomic E-state index is 0.330. The molecule has 35 heavy (non-hydrogen) atoms. The van der Waals surface area contributed by atoms with Gasteiger partial charge in [-0.15, -0.1) is 0 Å². The van der Waals surface area contributed by atoms with E-state index >= 15 is 4.39 Å². The quantitative estimate of drug-likeness (QED) is 0.308. The van der Waals surface area contributed by atoms with Crippen molar-refractivity contribution >= 4 is 38.9 Å². The maximum atomic E-state index is 15.3. The van der Waals surface area contributed by atoms with Crippen molar-refractivity contribution in [1.29, 1.82) is 5.26 Å². The van der Waals surface area contributed by atoms with Crippen molar-refractivity contribution in [2.45, 2.75) is 39.7 Å². The number of rotatable bonds is 6. The Morgan fingerprint density at radius 3 is 2.49 bits per heavy atom. The summed E-state index contributed by atoms with van der Waals surface area (Å²) in [6, 6.07) is 11.8. The number of halogens is 2. The molecule has 0 N–H and O–H groups in total. The fraction of sp³-hybridized carbons (Fsp3) is 0.346. The summed E-state index contributed by atoms with van der Waals surface area (Å²) >= 11 is 1.27. The molecule has 1 aliphatic rings. The first-order chi connectivity index (χ1) is 17.0. The van der Waals surface area contributed by atoms with Gasteiger partial charge in [0.25, 0.3) is 0 Å². The molecular weight excluding hydrogens is 466 g/mol. The molecule has 0 atom stereocenters. The van der Waals surface area contributed by atoms with Crippen LogP contribution in [0.4, 0.5) is 25.4 Å². The van der Waals surface area contributed by atoms with E-state index in [-0.39, 0.29) is 11.6 Å². The lowest BCUT2D eigenvalue weighted by molar-refractivity contribution is 0.575. The molecule has 1 saturated heterocycles. The zero-order valence-electron chi connectivity index (χ0n) is 19.8. The van der Waals surface area contributed by atoms with Crippen LogP contribution in [0.25, 0.3) is 22.2 Å². The molecule has 2 aromatic carbocycles. The maximum absolute atomic E-state index is 15.3. The van der Waals surface area contributed by atoms with E-state index in [4.69, 9.17) is 4.98 Å². The van der Waals surface area contributed by atoms with Crippen LogP contribution in [0.5, 0.6) is 0 Å². The van der Waals surface area contributed by atoms with Gasteiger partial charge in [-0.2, -0.15) is 10.4 Å². The number of fused-ring (bicyclic) bond motifs is 1. The highest BCUT2D eigenvalue weighted by Gasteiger charge is 2.25. The van der Waals surface area contributed by atoms with Gasteiger partial charge in [0.15, 0.2) is 10.9 Å². The molecule has 3 heterocycles. The molecule has 0 unspecified atom stereocenters. The normalized spacial score (nSPS) is 13.9. The molecular formula is C26H26F2N6S. The summed E-state index contributed by atoms with van der Waals surface area (Å²) < 4.78 is 30.5. The number of thiazole rings is 1. The van der Waals surface area contributed by atoms with E-state index in [1.807, 2.05) is 24.8 Å². The third-order valence-corrected chi connectivity index (χ3v) is 7.40. The number of benzene rings is 2. The van der Waals surface area contributed by atoms with Crippen LogP contribution >= 0.6 is 11.3 Å². The fourth-order valence-corrected chi connectivity index (χ4v) is 5.63. The first-order valence-electron chi connectivity index (χ1n) is 11.9. The van der Waals surface area contributed by atoms with Gasteiger partial charge in [0, 0.05) is 42.8 Å². The monoisotopic (exact) mass is 492 g/mol. The first-order valence-corrected chi connectivity index (χ1v) is 12.7. The number of aryl methyl sites for hydroxylation is 1. The Kier molecular flexibility index (Phi) is 6.39. The van der Waals surface area contributed by atoms with Crippen LogP contribution in [0.1, 0.15) is 38.0 Å². The number of nitrogens with zero attached hydrogens (tertiary/aromatic N) is 6. The average Bonchev–Trinajstić information content (AvgIpc) is 3.48. The van der Waals surface area contributed by atoms with Gasteiger partial charge in [-0.05, 0) is 69.5 Å². The minimum Gasteiger partial charge on any atom is -0.371 e. The first kappa shape index (κ1) is 23.2. The number of anilines is 3. The number of nitriles is 1. The third kappa shape index (κ3) is 4.23. The van der Waals surface area contributed by atoms with Crippen LogP contribution in [0.3, 0.4) is 0 Å². The summed E-state index contributed by atoms with van der Waals surface area (Å²) in [5.74, 6) is 0.0748. The van der Waals surface area contributed by atoms with Crippen molar-refractivity contribution in [2.24, 2.45) is 0 Å². The predicted octanol–water partition coefficient (Wildman–Crippen LogP) is 6.48. The minimum atomic E-state index is -0.345. The van der Waals surface area contributed by atoms with E-state index in [1.165, 1.54) is 29.9 Å². The Hall–Kier alpha value is -3.51. The molecule has 0 bridgehead atoms. The van der Waals surface area contributed by atoms with Crippen molar-refractivity contribution in [1.82, 2.24) is 14.8 Å². The van der Waals surface area contributed by atoms with Crippen LogP contribution in [0, 0.1) is 23.0 Å². The van der Waals surface area contributed by atoms with Crippen LogP contribution in [-0.2, 0) is 6.54 Å². The lowest BCUT2D eigenvalue weighted by Crippen LogP contribution is -2.29. The number of aromatic nitrogens is 3. The van der Waals surface area contributed by atoms with Gasteiger partial charge in [-0.1, -0.05) is 11.3 Å². The highest BCUT2D eigenvalue weighted by molar-refractivity contribution is 7.16. The molecule has 0 aliphatic carbocycles. The summed E-state index contributed by atoms with van der Waals surface area (Å²) in [7, 11) is 0. The molecule has 0 amide bonds. The van der Waals surface area contributed by atoms with E-state index in [2.05, 4.69) is 16.1 Å². The lowest BCUT2D eigenvalue weighted by Gasteiger charge is -2.29. The van der Waals surface area contributed by atoms with Crippen molar-refractivity contribution in [3.63, 3.8) is 0 Å². The average molecular weight is 493 g/mol. The molecule has 6 nitrogen and oxygen atoms in total. The second-order valence-electron chi connectivity index (χ2n) is 8.55. The van der Waals surface area contributed by atoms with Crippen molar-refractivity contribution in [3.05, 3.63) is 52.9 Å². The Labute approximate surface area is 207 Å². The zero-order chi connectivity index (χ0) is 24.5. The van der Waals surface area contributed by atoms with E-state index in [0.717, 1.165) is 42.8 Å². The second-order valence-corrected chi connectivity index (χ2v) is 9.53. The van der Waals surface area contributed by atoms with Crippen molar-refractivity contribution in [3.8, 4) is 17.3 Å². The van der Waals surface area contributed by atoms with Crippen LogP contribution in [-0.4, -0.2) is 34.4 Å². The van der Waals surface area contributed by atoms with Crippen LogP contribution < -0.4 is 9.80 Å². The van der Waals surface area contributed by atoms with Gasteiger partial charge in [0.1, 0.15) is 33.8 Å². The van der Waals surface area contributed by atoms with Gasteiger partial charge in [0.05, 0.1) is 0 Å². The molecule has 4 aromatic rings. The molecule has 0 saturated carbocycles. The standard InChI is InChI=1S/C26H26F2N6S/c1-3-33(26-30-23(22(16-29)35-26)17-8-10-18(27)11-9-17)25-20-14-19(32-12-6-5-7-13-32)15-21(28)24(20)31-34(25)4-2/h8-11,14-15H,3-7,12-13H2,1-2H3. The van der Waals surface area contributed by atoms with E-state index in [1.54, 1.807) is 22.9 Å². The summed E-state index contributed by atoms with van der Waals surface area (Å²) in [5, 5.41) is 15.7. The Bertz CT molecular complexity index is 1400. The lowest BCUT2D eigenvalue weighted by atomic mass is 10.1. The van der Waals surface area contributed by atoms with E-state index < -0.39 is 0 Å². The Morgan fingerprint density at radius 1 is 1.09 bits per heavy atom. The summed E-state index contributed by atoms with van der Waals surface area (Å²) in [6.07, 6.45) is 3.40. The molecule has 180 valence electrons. The summed E-state index contributed by atoms with van der Waals surface area (Å²) in [5.41, 5.74) is 2.38. The van der Waals surface area contributed by atoms with Crippen molar-refractivity contribution in [2.75, 3.05) is 29.4 Å². The predicted molar refractivity (Wildman–Crippen MR) is 136 cm³/mol. The molecule has 0 spiro atoms. The van der Waals surface area contributed by atoms with Gasteiger partial charge < -0.3 is 9.80 Å². The van der Waals surface area contributed by atoms with Gasteiger partial charge >= 0.3 is 0 Å². The molecule has 2 aromatic heterocycles. The number of hydrogen-bond donors (Lipinski definition) is 0. The van der Waals surface area contributed by atoms with Gasteiger partial charge in [0.2, 0.25) is 0 Å². The van der Waals surface area contributed by atoms with Crippen LogP contribution in [0.15, 0.2) is 36.4 Å². The fourth-order valence-electron chi connectivity index (χ4n) is 4.68. The topological polar surface area (TPSA) is 61.0 Å². The second kappa shape index (κ2) is 9.62. The van der Waals surface area contributed by atoms with Crippen LogP contribution in [0.2, 0.25) is 0 Å². The Balaban J connectivity index is 1.64. The highest BCUT2D eigenvalue weighted by atomic mass is 32.1. The van der Waals surface area contributed by atoms with Crippen molar-refractivity contribution < 1.29 is 8.78 Å². The number of hydrogen-bond acceptors (Lipinski definition) is 6. The molecule has 1 fully saturated rings. The SMILES string of the molecule is CCN(c1nc(-c2ccc(F)cc2)c(C#N)s1)c1c2cc(N3CCCCC3)cc(F)c2nn1CC.